The van der Waals surface area contributed by atoms with E-state index in [0.717, 1.165) is 12.8 Å². The molecule has 3 fully saturated rings. The molecule has 0 radical (unpaired) electrons. The Morgan fingerprint density at radius 3 is 2.10 bits per heavy atom. The van der Waals surface area contributed by atoms with Crippen LogP contribution in [0.3, 0.4) is 0 Å². The molecule has 112 valence electrons. The smallest absolute Gasteiger partial charge is 0.310 e. The van der Waals surface area contributed by atoms with Crippen molar-refractivity contribution in [2.75, 3.05) is 13.1 Å². The predicted octanol–water partition coefficient (Wildman–Crippen LogP) is 0.500. The summed E-state index contributed by atoms with van der Waals surface area (Å²) in [6, 6.07) is 0. The summed E-state index contributed by atoms with van der Waals surface area (Å²) in [7, 11) is 0. The molecule has 3 aliphatic heterocycles. The van der Waals surface area contributed by atoms with Gasteiger partial charge in [-0.15, -0.1) is 0 Å². The number of fused-ring (bicyclic) bond motifs is 2. The van der Waals surface area contributed by atoms with E-state index in [2.05, 4.69) is 0 Å². The standard InChI is InChI=1S/C14H21NO5/c1-7-5-15(6-8(2)19-7)13(16)11-9-3-4-10(20-9)12(11)14(17)18/h7-12H,3-6H2,1-2H3,(H,17,18)/t7?,8?,9-,10+,11?,12?/m1/s1. The molecule has 3 saturated heterocycles. The molecule has 0 aliphatic carbocycles. The number of carboxylic acids is 1. The van der Waals surface area contributed by atoms with E-state index in [0.29, 0.717) is 13.1 Å². The normalized spacial score (nSPS) is 43.8. The lowest BCUT2D eigenvalue weighted by Crippen LogP contribution is -2.53. The van der Waals surface area contributed by atoms with Crippen molar-refractivity contribution in [2.24, 2.45) is 11.8 Å². The Hall–Kier alpha value is -1.14. The second-order valence-electron chi connectivity index (χ2n) is 6.18. The van der Waals surface area contributed by atoms with E-state index in [-0.39, 0.29) is 30.3 Å². The van der Waals surface area contributed by atoms with Crippen LogP contribution in [0.25, 0.3) is 0 Å². The molecule has 3 rings (SSSR count). The van der Waals surface area contributed by atoms with Crippen LogP contribution in [0.2, 0.25) is 0 Å². The lowest BCUT2D eigenvalue weighted by atomic mass is 9.78. The van der Waals surface area contributed by atoms with Crippen LogP contribution in [0, 0.1) is 11.8 Å². The summed E-state index contributed by atoms with van der Waals surface area (Å²) in [5.41, 5.74) is 0. The molecule has 0 spiro atoms. The summed E-state index contributed by atoms with van der Waals surface area (Å²) in [4.78, 5) is 25.9. The van der Waals surface area contributed by atoms with Gasteiger partial charge in [-0.05, 0) is 26.7 Å². The van der Waals surface area contributed by atoms with E-state index in [4.69, 9.17) is 9.47 Å². The second-order valence-corrected chi connectivity index (χ2v) is 6.18. The summed E-state index contributed by atoms with van der Waals surface area (Å²) in [6.07, 6.45) is 1.02. The number of carbonyl (C=O) groups is 2. The third-order valence-corrected chi connectivity index (χ3v) is 4.57. The SMILES string of the molecule is CC1CN(C(=O)C2C(C(=O)O)[C@@H]3CC[C@H]2O3)CC(C)O1. The Morgan fingerprint density at radius 2 is 1.55 bits per heavy atom. The first-order valence-corrected chi connectivity index (χ1v) is 7.30. The van der Waals surface area contributed by atoms with Gasteiger partial charge in [0, 0.05) is 13.1 Å². The van der Waals surface area contributed by atoms with Crippen molar-refractivity contribution in [1.29, 1.82) is 0 Å². The largest absolute Gasteiger partial charge is 0.481 e. The van der Waals surface area contributed by atoms with Crippen LogP contribution in [0.1, 0.15) is 26.7 Å². The summed E-state index contributed by atoms with van der Waals surface area (Å²) in [5, 5.41) is 9.38. The van der Waals surface area contributed by atoms with Crippen molar-refractivity contribution >= 4 is 11.9 Å². The van der Waals surface area contributed by atoms with E-state index < -0.39 is 17.8 Å². The number of nitrogens with zero attached hydrogens (tertiary/aromatic N) is 1. The number of ether oxygens (including phenoxy) is 2. The lowest BCUT2D eigenvalue weighted by Gasteiger charge is -2.38. The minimum absolute atomic E-state index is 0.00881. The van der Waals surface area contributed by atoms with Gasteiger partial charge in [0.1, 0.15) is 0 Å². The van der Waals surface area contributed by atoms with Gasteiger partial charge in [-0.3, -0.25) is 9.59 Å². The van der Waals surface area contributed by atoms with Gasteiger partial charge in [0.15, 0.2) is 0 Å². The minimum atomic E-state index is -0.912. The van der Waals surface area contributed by atoms with Gasteiger partial charge >= 0.3 is 5.97 Å². The van der Waals surface area contributed by atoms with Crippen molar-refractivity contribution in [3.8, 4) is 0 Å². The van der Waals surface area contributed by atoms with Gasteiger partial charge in [-0.1, -0.05) is 0 Å². The van der Waals surface area contributed by atoms with Gasteiger partial charge in [-0.25, -0.2) is 0 Å². The summed E-state index contributed by atoms with van der Waals surface area (Å²) in [6.45, 7) is 4.93. The summed E-state index contributed by atoms with van der Waals surface area (Å²) in [5.74, 6) is -2.20. The maximum absolute atomic E-state index is 12.7. The Labute approximate surface area is 118 Å². The monoisotopic (exact) mass is 283 g/mol. The highest BCUT2D eigenvalue weighted by Crippen LogP contribution is 2.44. The highest BCUT2D eigenvalue weighted by molar-refractivity contribution is 5.86. The van der Waals surface area contributed by atoms with Crippen LogP contribution in [0.5, 0.6) is 0 Å². The van der Waals surface area contributed by atoms with Crippen LogP contribution >= 0.6 is 0 Å². The fourth-order valence-electron chi connectivity index (χ4n) is 3.87. The van der Waals surface area contributed by atoms with Crippen LogP contribution in [-0.4, -0.2) is 59.4 Å². The topological polar surface area (TPSA) is 76.1 Å². The number of carboxylic acid groups (broad SMARTS) is 1. The molecule has 2 bridgehead atoms. The summed E-state index contributed by atoms with van der Waals surface area (Å²) >= 11 is 0. The first-order valence-electron chi connectivity index (χ1n) is 7.30. The molecule has 3 aliphatic rings. The van der Waals surface area contributed by atoms with Gasteiger partial charge < -0.3 is 19.5 Å². The third kappa shape index (κ3) is 2.20. The first-order chi connectivity index (χ1) is 9.47. The molecule has 0 aromatic heterocycles. The molecule has 1 N–H and O–H groups in total. The van der Waals surface area contributed by atoms with E-state index >= 15 is 0 Å². The number of amides is 1. The molecule has 20 heavy (non-hydrogen) atoms. The molecule has 0 aromatic carbocycles. The number of morpholine rings is 1. The number of aliphatic carboxylic acids is 1. The van der Waals surface area contributed by atoms with Gasteiger partial charge in [0.05, 0.1) is 36.3 Å². The van der Waals surface area contributed by atoms with Crippen LogP contribution in [0.15, 0.2) is 0 Å². The molecule has 4 unspecified atom stereocenters. The number of rotatable bonds is 2. The van der Waals surface area contributed by atoms with Crippen molar-refractivity contribution in [2.45, 2.75) is 51.1 Å². The molecule has 6 heteroatoms. The van der Waals surface area contributed by atoms with Crippen molar-refractivity contribution < 1.29 is 24.2 Å². The van der Waals surface area contributed by atoms with Crippen molar-refractivity contribution in [1.82, 2.24) is 4.90 Å². The van der Waals surface area contributed by atoms with Crippen LogP contribution in [0.4, 0.5) is 0 Å². The lowest BCUT2D eigenvalue weighted by molar-refractivity contribution is -0.156. The summed E-state index contributed by atoms with van der Waals surface area (Å²) < 4.78 is 11.3. The van der Waals surface area contributed by atoms with E-state index in [1.54, 1.807) is 4.90 Å². The van der Waals surface area contributed by atoms with E-state index in [9.17, 15) is 14.7 Å². The van der Waals surface area contributed by atoms with Crippen molar-refractivity contribution in [3.63, 3.8) is 0 Å². The average molecular weight is 283 g/mol. The zero-order chi connectivity index (χ0) is 14.4. The Bertz CT molecular complexity index is 416. The Morgan fingerprint density at radius 1 is 1.00 bits per heavy atom. The van der Waals surface area contributed by atoms with E-state index in [1.807, 2.05) is 13.8 Å². The Balaban J connectivity index is 1.77. The fourth-order valence-corrected chi connectivity index (χ4v) is 3.87. The Kier molecular flexibility index (Phi) is 3.46. The highest BCUT2D eigenvalue weighted by Gasteiger charge is 2.56. The molecule has 0 saturated carbocycles. The number of hydrogen-bond acceptors (Lipinski definition) is 4. The predicted molar refractivity (Wildman–Crippen MR) is 69.1 cm³/mol. The maximum atomic E-state index is 12.7. The number of carbonyl (C=O) groups excluding carboxylic acids is 1. The molecule has 1 amide bonds. The van der Waals surface area contributed by atoms with Gasteiger partial charge in [-0.2, -0.15) is 0 Å². The molecule has 6 nitrogen and oxygen atoms in total. The van der Waals surface area contributed by atoms with Crippen LogP contribution in [-0.2, 0) is 19.1 Å². The van der Waals surface area contributed by atoms with E-state index in [1.165, 1.54) is 0 Å². The second kappa shape index (κ2) is 5.00. The average Bonchev–Trinajstić information content (AvgIpc) is 2.96. The molecule has 6 atom stereocenters. The molecule has 0 aromatic rings. The van der Waals surface area contributed by atoms with Gasteiger partial charge in [0.25, 0.3) is 0 Å². The van der Waals surface area contributed by atoms with Crippen molar-refractivity contribution in [3.05, 3.63) is 0 Å². The minimum Gasteiger partial charge on any atom is -0.481 e. The molecular formula is C14H21NO5. The molecule has 3 heterocycles. The number of hydrogen-bond donors (Lipinski definition) is 1. The first kappa shape index (κ1) is 13.8. The van der Waals surface area contributed by atoms with Crippen LogP contribution < -0.4 is 0 Å². The zero-order valence-corrected chi connectivity index (χ0v) is 11.8. The molecular weight excluding hydrogens is 262 g/mol. The zero-order valence-electron chi connectivity index (χ0n) is 11.8. The highest BCUT2D eigenvalue weighted by atomic mass is 16.5. The van der Waals surface area contributed by atoms with Gasteiger partial charge in [0.2, 0.25) is 5.91 Å². The fraction of sp³-hybridized carbons (Fsp3) is 0.857. The third-order valence-electron chi connectivity index (χ3n) is 4.57. The quantitative estimate of drug-likeness (QED) is 0.798. The maximum Gasteiger partial charge on any atom is 0.310 e.